The Balaban J connectivity index is 2.03. The number of hydrogen-bond donors (Lipinski definition) is 2. The minimum atomic E-state index is -0.276. The molecule has 0 aliphatic rings. The van der Waals surface area contributed by atoms with E-state index in [9.17, 15) is 4.79 Å². The smallest absolute Gasteiger partial charge is 0.270 e. The van der Waals surface area contributed by atoms with Gasteiger partial charge in [0.25, 0.3) is 5.91 Å². The van der Waals surface area contributed by atoms with E-state index in [1.165, 1.54) is 0 Å². The van der Waals surface area contributed by atoms with Crippen LogP contribution in [0.3, 0.4) is 0 Å². The van der Waals surface area contributed by atoms with Gasteiger partial charge in [-0.3, -0.25) is 4.79 Å². The predicted octanol–water partition coefficient (Wildman–Crippen LogP) is 2.25. The van der Waals surface area contributed by atoms with Crippen molar-refractivity contribution in [2.24, 2.45) is 0 Å². The second-order valence-corrected chi connectivity index (χ2v) is 4.13. The third-order valence-electron chi connectivity index (χ3n) is 2.40. The maximum Gasteiger partial charge on any atom is 0.270 e. The molecule has 18 heavy (non-hydrogen) atoms. The SMILES string of the molecule is Nc1cccc(C(=O)NCc2ccccc2Cl)n1. The van der Waals surface area contributed by atoms with Crippen LogP contribution in [0.2, 0.25) is 5.02 Å². The third kappa shape index (κ3) is 2.99. The van der Waals surface area contributed by atoms with Gasteiger partial charge in [0.1, 0.15) is 11.5 Å². The van der Waals surface area contributed by atoms with Crippen molar-refractivity contribution in [3.8, 4) is 0 Å². The lowest BCUT2D eigenvalue weighted by Crippen LogP contribution is -2.24. The van der Waals surface area contributed by atoms with Gasteiger partial charge in [-0.2, -0.15) is 0 Å². The van der Waals surface area contributed by atoms with Crippen LogP contribution in [0.15, 0.2) is 42.5 Å². The van der Waals surface area contributed by atoms with Crippen LogP contribution in [0.5, 0.6) is 0 Å². The fourth-order valence-electron chi connectivity index (χ4n) is 1.49. The van der Waals surface area contributed by atoms with Gasteiger partial charge in [0.05, 0.1) is 0 Å². The van der Waals surface area contributed by atoms with Crippen LogP contribution in [0.1, 0.15) is 16.1 Å². The van der Waals surface area contributed by atoms with E-state index in [1.54, 1.807) is 24.3 Å². The summed E-state index contributed by atoms with van der Waals surface area (Å²) in [6, 6.07) is 12.3. The molecule has 1 aromatic heterocycles. The Morgan fingerprint density at radius 2 is 2.00 bits per heavy atom. The summed E-state index contributed by atoms with van der Waals surface area (Å²) in [5.41, 5.74) is 6.67. The second-order valence-electron chi connectivity index (χ2n) is 3.72. The number of aromatic nitrogens is 1. The monoisotopic (exact) mass is 261 g/mol. The lowest BCUT2D eigenvalue weighted by atomic mass is 10.2. The highest BCUT2D eigenvalue weighted by molar-refractivity contribution is 6.31. The van der Waals surface area contributed by atoms with Gasteiger partial charge in [-0.05, 0) is 23.8 Å². The summed E-state index contributed by atoms with van der Waals surface area (Å²) in [5, 5.41) is 3.37. The summed E-state index contributed by atoms with van der Waals surface area (Å²) in [4.78, 5) is 15.7. The van der Waals surface area contributed by atoms with E-state index in [0.29, 0.717) is 23.1 Å². The average molecular weight is 262 g/mol. The Hall–Kier alpha value is -2.07. The lowest BCUT2D eigenvalue weighted by molar-refractivity contribution is 0.0946. The number of nitrogens with two attached hydrogens (primary N) is 1. The summed E-state index contributed by atoms with van der Waals surface area (Å²) < 4.78 is 0. The predicted molar refractivity (Wildman–Crippen MR) is 71.3 cm³/mol. The molecule has 0 atom stereocenters. The van der Waals surface area contributed by atoms with Gasteiger partial charge >= 0.3 is 0 Å². The molecule has 0 aliphatic heterocycles. The molecule has 0 bridgehead atoms. The molecule has 92 valence electrons. The molecule has 2 rings (SSSR count). The van der Waals surface area contributed by atoms with Crippen molar-refractivity contribution in [2.75, 3.05) is 5.73 Å². The van der Waals surface area contributed by atoms with E-state index in [4.69, 9.17) is 17.3 Å². The average Bonchev–Trinajstić information content (AvgIpc) is 2.37. The molecule has 1 amide bonds. The first-order chi connectivity index (χ1) is 8.66. The van der Waals surface area contributed by atoms with Gasteiger partial charge in [0.15, 0.2) is 0 Å². The van der Waals surface area contributed by atoms with E-state index in [0.717, 1.165) is 5.56 Å². The standard InChI is InChI=1S/C13H12ClN3O/c14-10-5-2-1-4-9(10)8-16-13(18)11-6-3-7-12(15)17-11/h1-7H,8H2,(H2,15,17)(H,16,18). The fourth-order valence-corrected chi connectivity index (χ4v) is 1.69. The van der Waals surface area contributed by atoms with Gasteiger partial charge in [0, 0.05) is 11.6 Å². The molecule has 2 aromatic rings. The Morgan fingerprint density at radius 1 is 1.22 bits per heavy atom. The molecule has 1 heterocycles. The number of carbonyl (C=O) groups excluding carboxylic acids is 1. The molecule has 0 unspecified atom stereocenters. The van der Waals surface area contributed by atoms with Crippen molar-refractivity contribution in [1.29, 1.82) is 0 Å². The lowest BCUT2D eigenvalue weighted by Gasteiger charge is -2.06. The summed E-state index contributed by atoms with van der Waals surface area (Å²) in [6.45, 7) is 0.356. The number of carbonyl (C=O) groups is 1. The highest BCUT2D eigenvalue weighted by Gasteiger charge is 2.07. The molecule has 3 N–H and O–H groups in total. The Morgan fingerprint density at radius 3 is 2.72 bits per heavy atom. The molecule has 4 nitrogen and oxygen atoms in total. The summed E-state index contributed by atoms with van der Waals surface area (Å²) in [5.74, 6) is 0.0441. The topological polar surface area (TPSA) is 68.0 Å². The zero-order valence-electron chi connectivity index (χ0n) is 9.56. The molecule has 0 spiro atoms. The molecule has 1 aromatic carbocycles. The number of nitrogens with one attached hydrogen (secondary N) is 1. The number of benzene rings is 1. The van der Waals surface area contributed by atoms with Gasteiger partial charge in [0.2, 0.25) is 0 Å². The summed E-state index contributed by atoms with van der Waals surface area (Å²) in [7, 11) is 0. The van der Waals surface area contributed by atoms with Crippen LogP contribution in [0.4, 0.5) is 5.82 Å². The van der Waals surface area contributed by atoms with E-state index >= 15 is 0 Å². The number of rotatable bonds is 3. The third-order valence-corrected chi connectivity index (χ3v) is 2.77. The quantitative estimate of drug-likeness (QED) is 0.890. The number of pyridine rings is 1. The zero-order chi connectivity index (χ0) is 13.0. The number of hydrogen-bond acceptors (Lipinski definition) is 3. The van der Waals surface area contributed by atoms with Crippen molar-refractivity contribution in [3.63, 3.8) is 0 Å². The minimum absolute atomic E-state index is 0.276. The molecule has 0 saturated heterocycles. The van der Waals surface area contributed by atoms with Gasteiger partial charge in [-0.25, -0.2) is 4.98 Å². The fraction of sp³-hybridized carbons (Fsp3) is 0.0769. The highest BCUT2D eigenvalue weighted by Crippen LogP contribution is 2.14. The van der Waals surface area contributed by atoms with Crippen molar-refractivity contribution in [3.05, 3.63) is 58.7 Å². The molecule has 0 aliphatic carbocycles. The number of nitrogens with zero attached hydrogens (tertiary/aromatic N) is 1. The van der Waals surface area contributed by atoms with Crippen LogP contribution in [-0.2, 0) is 6.54 Å². The van der Waals surface area contributed by atoms with Gasteiger partial charge in [-0.15, -0.1) is 0 Å². The van der Waals surface area contributed by atoms with Crippen LogP contribution < -0.4 is 11.1 Å². The molecule has 0 fully saturated rings. The van der Waals surface area contributed by atoms with Gasteiger partial charge < -0.3 is 11.1 Å². The normalized spacial score (nSPS) is 10.1. The van der Waals surface area contributed by atoms with E-state index in [2.05, 4.69) is 10.3 Å². The highest BCUT2D eigenvalue weighted by atomic mass is 35.5. The Labute approximate surface area is 110 Å². The van der Waals surface area contributed by atoms with Crippen LogP contribution in [0.25, 0.3) is 0 Å². The number of nitrogen functional groups attached to an aromatic ring is 1. The first-order valence-electron chi connectivity index (χ1n) is 5.41. The second kappa shape index (κ2) is 5.51. The van der Waals surface area contributed by atoms with Crippen LogP contribution in [0, 0.1) is 0 Å². The largest absolute Gasteiger partial charge is 0.384 e. The van der Waals surface area contributed by atoms with Crippen molar-refractivity contribution >= 4 is 23.3 Å². The number of halogens is 1. The van der Waals surface area contributed by atoms with Crippen LogP contribution in [-0.4, -0.2) is 10.9 Å². The molecule has 5 heteroatoms. The first-order valence-corrected chi connectivity index (χ1v) is 5.79. The van der Waals surface area contributed by atoms with Crippen molar-refractivity contribution in [1.82, 2.24) is 10.3 Å². The maximum absolute atomic E-state index is 11.8. The molecule has 0 saturated carbocycles. The van der Waals surface area contributed by atoms with Crippen LogP contribution >= 0.6 is 11.6 Å². The summed E-state index contributed by atoms with van der Waals surface area (Å²) >= 11 is 5.99. The van der Waals surface area contributed by atoms with E-state index < -0.39 is 0 Å². The molecular weight excluding hydrogens is 250 g/mol. The molecular formula is C13H12ClN3O. The number of amides is 1. The Kier molecular flexibility index (Phi) is 3.79. The van der Waals surface area contributed by atoms with E-state index in [1.807, 2.05) is 18.2 Å². The van der Waals surface area contributed by atoms with Gasteiger partial charge in [-0.1, -0.05) is 35.9 Å². The summed E-state index contributed by atoms with van der Waals surface area (Å²) in [6.07, 6.45) is 0. The zero-order valence-corrected chi connectivity index (χ0v) is 10.3. The molecule has 0 radical (unpaired) electrons. The van der Waals surface area contributed by atoms with Crippen molar-refractivity contribution in [2.45, 2.75) is 6.54 Å². The van der Waals surface area contributed by atoms with E-state index in [-0.39, 0.29) is 5.91 Å². The number of anilines is 1. The Bertz CT molecular complexity index is 572. The first kappa shape index (κ1) is 12.4. The van der Waals surface area contributed by atoms with Crippen molar-refractivity contribution < 1.29 is 4.79 Å². The minimum Gasteiger partial charge on any atom is -0.384 e. The maximum atomic E-state index is 11.8.